The van der Waals surface area contributed by atoms with Crippen LogP contribution in [0.2, 0.25) is 0 Å². The number of hydrogen-bond acceptors (Lipinski definition) is 2. The summed E-state index contributed by atoms with van der Waals surface area (Å²) in [6, 6.07) is 9.93. The molecule has 0 bridgehead atoms. The van der Waals surface area contributed by atoms with Crippen molar-refractivity contribution >= 4 is 11.7 Å². The van der Waals surface area contributed by atoms with E-state index in [1.807, 2.05) is 35.3 Å². The number of carbonyl (C=O) groups excluding carboxylic acids is 1. The number of hydrazine groups is 1. The topological polar surface area (TPSA) is 44.4 Å². The lowest BCUT2D eigenvalue weighted by Crippen LogP contribution is -2.62. The van der Waals surface area contributed by atoms with Gasteiger partial charge in [0.1, 0.15) is 0 Å². The number of urea groups is 1. The van der Waals surface area contributed by atoms with Gasteiger partial charge in [0.2, 0.25) is 0 Å². The Bertz CT molecular complexity index is 364. The number of benzene rings is 1. The normalized spacial score (nSPS) is 20.6. The third-order valence-electron chi connectivity index (χ3n) is 2.80. The molecule has 1 aromatic rings. The van der Waals surface area contributed by atoms with Crippen molar-refractivity contribution < 1.29 is 4.79 Å². The highest BCUT2D eigenvalue weighted by molar-refractivity contribution is 5.77. The molecule has 1 fully saturated rings. The Morgan fingerprint density at radius 3 is 2.62 bits per heavy atom. The zero-order chi connectivity index (χ0) is 11.5. The molecule has 4 nitrogen and oxygen atoms in total. The van der Waals surface area contributed by atoms with Crippen molar-refractivity contribution in [2.75, 3.05) is 11.6 Å². The van der Waals surface area contributed by atoms with Gasteiger partial charge < -0.3 is 5.32 Å². The first-order chi connectivity index (χ1) is 7.66. The molecule has 1 saturated heterocycles. The van der Waals surface area contributed by atoms with Crippen LogP contribution in [0.4, 0.5) is 10.5 Å². The van der Waals surface area contributed by atoms with Crippen LogP contribution in [0.1, 0.15) is 13.8 Å². The summed E-state index contributed by atoms with van der Waals surface area (Å²) in [4.78, 5) is 11.5. The molecule has 2 rings (SSSR count). The smallest absolute Gasteiger partial charge is 0.332 e. The minimum absolute atomic E-state index is 0.131. The van der Waals surface area contributed by atoms with Gasteiger partial charge in [-0.25, -0.2) is 10.2 Å². The Hall–Kier alpha value is -1.71. The molecule has 1 unspecified atom stereocenters. The van der Waals surface area contributed by atoms with Crippen LogP contribution >= 0.6 is 0 Å². The minimum Gasteiger partial charge on any atom is -0.332 e. The first-order valence-corrected chi connectivity index (χ1v) is 5.56. The monoisotopic (exact) mass is 219 g/mol. The van der Waals surface area contributed by atoms with Gasteiger partial charge in [0.15, 0.2) is 0 Å². The first-order valence-electron chi connectivity index (χ1n) is 5.56. The second-order valence-corrected chi connectivity index (χ2v) is 4.38. The fourth-order valence-electron chi connectivity index (χ4n) is 1.77. The number of anilines is 1. The van der Waals surface area contributed by atoms with Crippen molar-refractivity contribution in [2.45, 2.75) is 19.9 Å². The van der Waals surface area contributed by atoms with E-state index in [2.05, 4.69) is 24.6 Å². The molecule has 1 atom stereocenters. The summed E-state index contributed by atoms with van der Waals surface area (Å²) in [6.07, 6.45) is 0. The third kappa shape index (κ3) is 2.27. The molecule has 86 valence electrons. The Morgan fingerprint density at radius 2 is 2.00 bits per heavy atom. The SMILES string of the molecule is CC(C)C1CN(c2ccccc2)NC(=O)N1. The van der Waals surface area contributed by atoms with Gasteiger partial charge in [-0.15, -0.1) is 0 Å². The summed E-state index contributed by atoms with van der Waals surface area (Å²) in [5, 5.41) is 4.82. The number of hydrogen-bond donors (Lipinski definition) is 2. The van der Waals surface area contributed by atoms with E-state index < -0.39 is 0 Å². The predicted octanol–water partition coefficient (Wildman–Crippen LogP) is 1.75. The average molecular weight is 219 g/mol. The van der Waals surface area contributed by atoms with Crippen LogP contribution in [0, 0.1) is 5.92 Å². The number of rotatable bonds is 2. The second-order valence-electron chi connectivity index (χ2n) is 4.38. The Labute approximate surface area is 95.6 Å². The van der Waals surface area contributed by atoms with Gasteiger partial charge in [0.05, 0.1) is 18.3 Å². The highest BCUT2D eigenvalue weighted by Crippen LogP contribution is 2.15. The largest absolute Gasteiger partial charge is 0.333 e. The van der Waals surface area contributed by atoms with Crippen LogP contribution < -0.4 is 15.8 Å². The van der Waals surface area contributed by atoms with E-state index in [1.54, 1.807) is 0 Å². The van der Waals surface area contributed by atoms with Crippen molar-refractivity contribution in [1.82, 2.24) is 10.7 Å². The summed E-state index contributed by atoms with van der Waals surface area (Å²) < 4.78 is 0. The maximum atomic E-state index is 11.5. The van der Waals surface area contributed by atoms with E-state index in [9.17, 15) is 4.79 Å². The lowest BCUT2D eigenvalue weighted by molar-refractivity contribution is 0.222. The molecule has 2 N–H and O–H groups in total. The van der Waals surface area contributed by atoms with Gasteiger partial charge in [-0.3, -0.25) is 5.01 Å². The van der Waals surface area contributed by atoms with Gasteiger partial charge in [-0.05, 0) is 18.1 Å². The number of nitrogens with one attached hydrogen (secondary N) is 2. The molecule has 0 saturated carbocycles. The molecule has 1 aliphatic rings. The number of carbonyl (C=O) groups is 1. The number of amides is 2. The average Bonchev–Trinajstić information content (AvgIpc) is 2.29. The van der Waals surface area contributed by atoms with Crippen LogP contribution in [0.5, 0.6) is 0 Å². The van der Waals surface area contributed by atoms with Crippen molar-refractivity contribution in [3.63, 3.8) is 0 Å². The summed E-state index contributed by atoms with van der Waals surface area (Å²) >= 11 is 0. The summed E-state index contributed by atoms with van der Waals surface area (Å²) in [5.74, 6) is 0.428. The van der Waals surface area contributed by atoms with Crippen LogP contribution in [0.15, 0.2) is 30.3 Å². The van der Waals surface area contributed by atoms with E-state index in [4.69, 9.17) is 0 Å². The molecule has 0 spiro atoms. The standard InChI is InChI=1S/C12H17N3O/c1-9(2)11-8-15(14-12(16)13-11)10-6-4-3-5-7-10/h3-7,9,11H,8H2,1-2H3,(H2,13,14,16). The van der Waals surface area contributed by atoms with Gasteiger partial charge >= 0.3 is 6.03 Å². The Kier molecular flexibility index (Phi) is 2.99. The highest BCUT2D eigenvalue weighted by Gasteiger charge is 2.25. The van der Waals surface area contributed by atoms with Crippen molar-refractivity contribution in [1.29, 1.82) is 0 Å². The summed E-state index contributed by atoms with van der Waals surface area (Å²) in [7, 11) is 0. The number of para-hydroxylation sites is 1. The van der Waals surface area contributed by atoms with Crippen LogP contribution in [-0.2, 0) is 0 Å². The summed E-state index contributed by atoms with van der Waals surface area (Å²) in [6.45, 7) is 5.01. The molecule has 16 heavy (non-hydrogen) atoms. The maximum Gasteiger partial charge on any atom is 0.333 e. The highest BCUT2D eigenvalue weighted by atomic mass is 16.2. The quantitative estimate of drug-likeness (QED) is 0.796. The van der Waals surface area contributed by atoms with Gasteiger partial charge in [0.25, 0.3) is 0 Å². The van der Waals surface area contributed by atoms with Crippen LogP contribution in [0.25, 0.3) is 0 Å². The van der Waals surface area contributed by atoms with Gasteiger partial charge in [0, 0.05) is 0 Å². The molecular formula is C12H17N3O. The fraction of sp³-hybridized carbons (Fsp3) is 0.417. The fourth-order valence-corrected chi connectivity index (χ4v) is 1.77. The molecule has 0 aliphatic carbocycles. The first kappa shape index (κ1) is 10.8. The molecule has 2 amide bonds. The lowest BCUT2D eigenvalue weighted by Gasteiger charge is -2.36. The molecule has 1 aliphatic heterocycles. The van der Waals surface area contributed by atoms with Crippen LogP contribution in [-0.4, -0.2) is 18.6 Å². The van der Waals surface area contributed by atoms with E-state index in [-0.39, 0.29) is 12.1 Å². The lowest BCUT2D eigenvalue weighted by atomic mass is 10.0. The van der Waals surface area contributed by atoms with Gasteiger partial charge in [-0.1, -0.05) is 32.0 Å². The molecular weight excluding hydrogens is 202 g/mol. The number of nitrogens with zero attached hydrogens (tertiary/aromatic N) is 1. The Balaban J connectivity index is 2.14. The third-order valence-corrected chi connectivity index (χ3v) is 2.80. The zero-order valence-electron chi connectivity index (χ0n) is 9.60. The van der Waals surface area contributed by atoms with Crippen molar-refractivity contribution in [3.05, 3.63) is 30.3 Å². The Morgan fingerprint density at radius 1 is 1.31 bits per heavy atom. The van der Waals surface area contributed by atoms with Crippen molar-refractivity contribution in [2.24, 2.45) is 5.92 Å². The van der Waals surface area contributed by atoms with E-state index in [1.165, 1.54) is 0 Å². The van der Waals surface area contributed by atoms with Gasteiger partial charge in [-0.2, -0.15) is 0 Å². The maximum absolute atomic E-state index is 11.5. The molecule has 1 aromatic carbocycles. The molecule has 4 heteroatoms. The molecule has 1 heterocycles. The van der Waals surface area contributed by atoms with E-state index >= 15 is 0 Å². The van der Waals surface area contributed by atoms with E-state index in [0.29, 0.717) is 5.92 Å². The molecule has 0 aromatic heterocycles. The summed E-state index contributed by atoms with van der Waals surface area (Å²) in [5.41, 5.74) is 3.82. The van der Waals surface area contributed by atoms with Crippen LogP contribution in [0.3, 0.4) is 0 Å². The zero-order valence-corrected chi connectivity index (χ0v) is 9.60. The van der Waals surface area contributed by atoms with E-state index in [0.717, 1.165) is 12.2 Å². The predicted molar refractivity (Wildman–Crippen MR) is 64.1 cm³/mol. The minimum atomic E-state index is -0.131. The molecule has 0 radical (unpaired) electrons. The van der Waals surface area contributed by atoms with Crippen molar-refractivity contribution in [3.8, 4) is 0 Å². The second kappa shape index (κ2) is 4.43.